The molecule has 0 amide bonds. The van der Waals surface area contributed by atoms with Crippen molar-refractivity contribution < 1.29 is 9.53 Å². The molecule has 0 aliphatic rings. The molecule has 2 aromatic carbocycles. The van der Waals surface area contributed by atoms with Crippen molar-refractivity contribution in [2.45, 2.75) is 0 Å². The molecule has 1 aromatic heterocycles. The van der Waals surface area contributed by atoms with Gasteiger partial charge >= 0.3 is 0 Å². The average Bonchev–Trinajstić information content (AvgIpc) is 2.53. The van der Waals surface area contributed by atoms with Gasteiger partial charge < -0.3 is 4.74 Å². The number of Topliss-reactive ketones (excluding diaryl/α,β-unsaturated/α-hetero) is 1. The fourth-order valence-electron chi connectivity index (χ4n) is 2.06. The van der Waals surface area contributed by atoms with Crippen LogP contribution >= 0.6 is 22.6 Å². The van der Waals surface area contributed by atoms with E-state index >= 15 is 0 Å². The molecule has 0 fully saturated rings. The van der Waals surface area contributed by atoms with Crippen LogP contribution in [0.15, 0.2) is 60.8 Å². The predicted octanol–water partition coefficient (Wildman–Crippen LogP) is 4.10. The summed E-state index contributed by atoms with van der Waals surface area (Å²) in [6, 6.07) is 16.9. The molecule has 0 saturated heterocycles. The number of carbonyl (C=O) groups excluding carboxylic acids is 1. The van der Waals surface area contributed by atoms with Crippen molar-refractivity contribution in [1.29, 1.82) is 0 Å². The van der Waals surface area contributed by atoms with Crippen molar-refractivity contribution in [2.24, 2.45) is 0 Å². The SMILES string of the molecule is O=C(COc1cccc2ncccc12)c1ccc(I)cc1. The first-order chi connectivity index (χ1) is 10.2. The molecule has 0 spiro atoms. The Labute approximate surface area is 136 Å². The number of rotatable bonds is 4. The second-order valence-corrected chi connectivity index (χ2v) is 5.79. The number of nitrogens with zero attached hydrogens (tertiary/aromatic N) is 1. The summed E-state index contributed by atoms with van der Waals surface area (Å²) >= 11 is 2.21. The van der Waals surface area contributed by atoms with Crippen LogP contribution in [0.2, 0.25) is 0 Å². The van der Waals surface area contributed by atoms with Crippen molar-refractivity contribution in [3.8, 4) is 5.75 Å². The van der Waals surface area contributed by atoms with Crippen LogP contribution in [0, 0.1) is 3.57 Å². The lowest BCUT2D eigenvalue weighted by molar-refractivity contribution is 0.0922. The van der Waals surface area contributed by atoms with E-state index in [0.29, 0.717) is 11.3 Å². The molecule has 21 heavy (non-hydrogen) atoms. The van der Waals surface area contributed by atoms with Crippen LogP contribution in [-0.2, 0) is 0 Å². The van der Waals surface area contributed by atoms with Crippen LogP contribution in [-0.4, -0.2) is 17.4 Å². The van der Waals surface area contributed by atoms with Crippen molar-refractivity contribution in [3.05, 3.63) is 69.9 Å². The fraction of sp³-hybridized carbons (Fsp3) is 0.0588. The number of carbonyl (C=O) groups is 1. The number of fused-ring (bicyclic) bond motifs is 1. The highest BCUT2D eigenvalue weighted by Gasteiger charge is 2.08. The second kappa shape index (κ2) is 6.22. The van der Waals surface area contributed by atoms with Crippen molar-refractivity contribution in [1.82, 2.24) is 4.98 Å². The molecule has 1 heterocycles. The number of benzene rings is 2. The van der Waals surface area contributed by atoms with E-state index in [4.69, 9.17) is 4.74 Å². The number of ketones is 1. The van der Waals surface area contributed by atoms with E-state index in [2.05, 4.69) is 27.6 Å². The Hall–Kier alpha value is -1.95. The number of ether oxygens (including phenoxy) is 1. The van der Waals surface area contributed by atoms with E-state index in [-0.39, 0.29) is 12.4 Å². The van der Waals surface area contributed by atoms with Crippen molar-refractivity contribution >= 4 is 39.3 Å². The Balaban J connectivity index is 1.77. The molecular weight excluding hydrogens is 377 g/mol. The van der Waals surface area contributed by atoms with Crippen molar-refractivity contribution in [2.75, 3.05) is 6.61 Å². The van der Waals surface area contributed by atoms with Crippen LogP contribution in [0.5, 0.6) is 5.75 Å². The van der Waals surface area contributed by atoms with Gasteiger partial charge in [-0.25, -0.2) is 0 Å². The van der Waals surface area contributed by atoms with Crippen LogP contribution in [0.1, 0.15) is 10.4 Å². The molecule has 3 nitrogen and oxygen atoms in total. The largest absolute Gasteiger partial charge is 0.485 e. The summed E-state index contributed by atoms with van der Waals surface area (Å²) in [7, 11) is 0. The van der Waals surface area contributed by atoms with Gasteiger partial charge in [0, 0.05) is 20.7 Å². The van der Waals surface area contributed by atoms with Gasteiger partial charge in [0.25, 0.3) is 0 Å². The standard InChI is InChI=1S/C17H12INO2/c18-13-8-6-12(7-9-13)16(20)11-21-17-5-1-4-15-14(17)3-2-10-19-15/h1-10H,11H2. The fourth-order valence-corrected chi connectivity index (χ4v) is 2.42. The predicted molar refractivity (Wildman–Crippen MR) is 90.7 cm³/mol. The normalized spacial score (nSPS) is 10.5. The lowest BCUT2D eigenvalue weighted by atomic mass is 10.1. The maximum Gasteiger partial charge on any atom is 0.200 e. The van der Waals surface area contributed by atoms with E-state index < -0.39 is 0 Å². The molecule has 3 aromatic rings. The highest BCUT2D eigenvalue weighted by atomic mass is 127. The Morgan fingerprint density at radius 3 is 2.67 bits per heavy atom. The summed E-state index contributed by atoms with van der Waals surface area (Å²) in [4.78, 5) is 16.4. The minimum absolute atomic E-state index is 0.0224. The first-order valence-corrected chi connectivity index (χ1v) is 7.57. The Kier molecular flexibility index (Phi) is 4.15. The minimum atomic E-state index is -0.0349. The number of aromatic nitrogens is 1. The van der Waals surface area contributed by atoms with Crippen LogP contribution in [0.4, 0.5) is 0 Å². The summed E-state index contributed by atoms with van der Waals surface area (Å²) in [5.41, 5.74) is 1.52. The lowest BCUT2D eigenvalue weighted by Crippen LogP contribution is -2.11. The minimum Gasteiger partial charge on any atom is -0.485 e. The van der Waals surface area contributed by atoms with Gasteiger partial charge in [0.2, 0.25) is 0 Å². The Bertz CT molecular complexity index is 779. The van der Waals surface area contributed by atoms with Gasteiger partial charge in [0.1, 0.15) is 5.75 Å². The molecule has 4 heteroatoms. The number of hydrogen-bond donors (Lipinski definition) is 0. The third kappa shape index (κ3) is 3.21. The van der Waals surface area contributed by atoms with E-state index in [1.165, 1.54) is 0 Å². The summed E-state index contributed by atoms with van der Waals surface area (Å²) in [5.74, 6) is 0.645. The molecule has 0 atom stereocenters. The Morgan fingerprint density at radius 1 is 1.05 bits per heavy atom. The number of hydrogen-bond acceptors (Lipinski definition) is 3. The molecule has 0 bridgehead atoms. The van der Waals surface area contributed by atoms with Gasteiger partial charge in [0.15, 0.2) is 12.4 Å². The van der Waals surface area contributed by atoms with Gasteiger partial charge in [-0.3, -0.25) is 9.78 Å². The molecule has 0 aliphatic heterocycles. The van der Waals surface area contributed by atoms with Crippen LogP contribution in [0.3, 0.4) is 0 Å². The van der Waals surface area contributed by atoms with E-state index in [1.807, 2.05) is 54.6 Å². The molecule has 0 N–H and O–H groups in total. The monoisotopic (exact) mass is 389 g/mol. The molecule has 0 saturated carbocycles. The first-order valence-electron chi connectivity index (χ1n) is 6.49. The summed E-state index contributed by atoms with van der Waals surface area (Å²) in [5, 5.41) is 0.912. The van der Waals surface area contributed by atoms with E-state index in [1.54, 1.807) is 6.20 Å². The molecule has 3 rings (SSSR count). The Morgan fingerprint density at radius 2 is 1.86 bits per heavy atom. The smallest absolute Gasteiger partial charge is 0.200 e. The topological polar surface area (TPSA) is 39.2 Å². The third-order valence-electron chi connectivity index (χ3n) is 3.13. The zero-order valence-corrected chi connectivity index (χ0v) is 13.3. The van der Waals surface area contributed by atoms with Gasteiger partial charge in [0.05, 0.1) is 5.52 Å². The molecule has 104 valence electrons. The highest BCUT2D eigenvalue weighted by Crippen LogP contribution is 2.23. The highest BCUT2D eigenvalue weighted by molar-refractivity contribution is 14.1. The molecule has 0 aliphatic carbocycles. The summed E-state index contributed by atoms with van der Waals surface area (Å²) in [6.45, 7) is 0.0224. The first kappa shape index (κ1) is 14.0. The number of halogens is 1. The van der Waals surface area contributed by atoms with E-state index in [9.17, 15) is 4.79 Å². The second-order valence-electron chi connectivity index (χ2n) is 4.54. The summed E-state index contributed by atoms with van der Waals surface area (Å²) in [6.07, 6.45) is 1.74. The maximum absolute atomic E-state index is 12.1. The molecular formula is C17H12INO2. The van der Waals surface area contributed by atoms with Crippen LogP contribution < -0.4 is 4.74 Å². The quantitative estimate of drug-likeness (QED) is 0.498. The average molecular weight is 389 g/mol. The van der Waals surface area contributed by atoms with Gasteiger partial charge in [-0.2, -0.15) is 0 Å². The molecule has 0 radical (unpaired) electrons. The van der Waals surface area contributed by atoms with Gasteiger partial charge in [-0.15, -0.1) is 0 Å². The zero-order valence-electron chi connectivity index (χ0n) is 11.1. The van der Waals surface area contributed by atoms with E-state index in [0.717, 1.165) is 14.5 Å². The lowest BCUT2D eigenvalue weighted by Gasteiger charge is -2.08. The zero-order chi connectivity index (χ0) is 14.7. The van der Waals surface area contributed by atoms with Crippen molar-refractivity contribution in [3.63, 3.8) is 0 Å². The third-order valence-corrected chi connectivity index (χ3v) is 3.85. The van der Waals surface area contributed by atoms with Gasteiger partial charge in [-0.1, -0.05) is 18.2 Å². The molecule has 0 unspecified atom stereocenters. The summed E-state index contributed by atoms with van der Waals surface area (Å²) < 4.78 is 6.78. The van der Waals surface area contributed by atoms with Gasteiger partial charge in [-0.05, 0) is 59.0 Å². The number of pyridine rings is 1. The maximum atomic E-state index is 12.1. The van der Waals surface area contributed by atoms with Crippen LogP contribution in [0.25, 0.3) is 10.9 Å².